The molecule has 2 rings (SSSR count). The minimum absolute atomic E-state index is 0.00135. The molecule has 118 valence electrons. The first kappa shape index (κ1) is 16.3. The fourth-order valence-corrected chi connectivity index (χ4v) is 3.48. The molecule has 4 heteroatoms. The number of piperidine rings is 1. The molecular formula is C17H28N2O2. The molecular weight excluding hydrogens is 264 g/mol. The minimum Gasteiger partial charge on any atom is -0.466 e. The van der Waals surface area contributed by atoms with Gasteiger partial charge in [-0.3, -0.25) is 9.69 Å². The van der Waals surface area contributed by atoms with E-state index < -0.39 is 0 Å². The van der Waals surface area contributed by atoms with Gasteiger partial charge in [-0.2, -0.15) is 0 Å². The summed E-state index contributed by atoms with van der Waals surface area (Å²) >= 11 is 0. The summed E-state index contributed by atoms with van der Waals surface area (Å²) in [7, 11) is 0. The van der Waals surface area contributed by atoms with Gasteiger partial charge in [-0.15, -0.1) is 6.42 Å². The zero-order valence-corrected chi connectivity index (χ0v) is 13.1. The summed E-state index contributed by atoms with van der Waals surface area (Å²) in [5.74, 6) is 2.85. The number of terminal acetylenes is 1. The van der Waals surface area contributed by atoms with Crippen LogP contribution in [0.25, 0.3) is 0 Å². The SMILES string of the molecule is C#CCN1CCC(NC2CCC(C(=O)OCC)CC2)CC1. The quantitative estimate of drug-likeness (QED) is 0.620. The summed E-state index contributed by atoms with van der Waals surface area (Å²) in [5, 5.41) is 3.78. The number of carbonyl (C=O) groups excluding carboxylic acids is 1. The van der Waals surface area contributed by atoms with E-state index in [9.17, 15) is 4.79 Å². The second-order valence-corrected chi connectivity index (χ2v) is 6.22. The van der Waals surface area contributed by atoms with Crippen LogP contribution in [-0.2, 0) is 9.53 Å². The fraction of sp³-hybridized carbons (Fsp3) is 0.824. The van der Waals surface area contributed by atoms with Gasteiger partial charge in [-0.1, -0.05) is 5.92 Å². The van der Waals surface area contributed by atoms with E-state index in [4.69, 9.17) is 11.2 Å². The molecule has 0 spiro atoms. The molecule has 1 heterocycles. The van der Waals surface area contributed by atoms with Gasteiger partial charge in [0.05, 0.1) is 19.1 Å². The maximum absolute atomic E-state index is 11.7. The lowest BCUT2D eigenvalue weighted by atomic mass is 9.85. The third-order valence-corrected chi connectivity index (χ3v) is 4.72. The predicted molar refractivity (Wildman–Crippen MR) is 83.8 cm³/mol. The molecule has 0 radical (unpaired) electrons. The van der Waals surface area contributed by atoms with E-state index >= 15 is 0 Å². The van der Waals surface area contributed by atoms with Crippen LogP contribution in [0.4, 0.5) is 0 Å². The number of hydrogen-bond donors (Lipinski definition) is 1. The van der Waals surface area contributed by atoms with Crippen molar-refractivity contribution in [1.29, 1.82) is 0 Å². The number of rotatable bonds is 5. The van der Waals surface area contributed by atoms with Gasteiger partial charge in [-0.25, -0.2) is 0 Å². The maximum atomic E-state index is 11.7. The molecule has 21 heavy (non-hydrogen) atoms. The van der Waals surface area contributed by atoms with Crippen molar-refractivity contribution in [3.8, 4) is 12.3 Å². The zero-order chi connectivity index (χ0) is 15.1. The van der Waals surface area contributed by atoms with Crippen LogP contribution < -0.4 is 5.32 Å². The van der Waals surface area contributed by atoms with Crippen molar-refractivity contribution in [2.75, 3.05) is 26.2 Å². The van der Waals surface area contributed by atoms with E-state index in [0.29, 0.717) is 18.7 Å². The van der Waals surface area contributed by atoms with Crippen molar-refractivity contribution in [3.63, 3.8) is 0 Å². The molecule has 4 nitrogen and oxygen atoms in total. The van der Waals surface area contributed by atoms with Gasteiger partial charge < -0.3 is 10.1 Å². The van der Waals surface area contributed by atoms with E-state index in [1.54, 1.807) is 0 Å². The molecule has 2 fully saturated rings. The number of ether oxygens (including phenoxy) is 1. The van der Waals surface area contributed by atoms with Crippen LogP contribution in [-0.4, -0.2) is 49.2 Å². The highest BCUT2D eigenvalue weighted by atomic mass is 16.5. The molecule has 1 aliphatic carbocycles. The normalized spacial score (nSPS) is 28.0. The van der Waals surface area contributed by atoms with E-state index in [-0.39, 0.29) is 11.9 Å². The van der Waals surface area contributed by atoms with Gasteiger partial charge >= 0.3 is 5.97 Å². The lowest BCUT2D eigenvalue weighted by Crippen LogP contribution is -2.47. The fourth-order valence-electron chi connectivity index (χ4n) is 3.48. The second-order valence-electron chi connectivity index (χ2n) is 6.22. The molecule has 1 N–H and O–H groups in total. The zero-order valence-electron chi connectivity index (χ0n) is 13.1. The smallest absolute Gasteiger partial charge is 0.308 e. The Morgan fingerprint density at radius 3 is 2.38 bits per heavy atom. The van der Waals surface area contributed by atoms with Crippen LogP contribution in [0.15, 0.2) is 0 Å². The van der Waals surface area contributed by atoms with Crippen molar-refractivity contribution in [2.24, 2.45) is 5.92 Å². The summed E-state index contributed by atoms with van der Waals surface area (Å²) in [4.78, 5) is 14.1. The minimum atomic E-state index is -0.00135. The van der Waals surface area contributed by atoms with E-state index in [2.05, 4.69) is 16.1 Å². The Labute approximate surface area is 128 Å². The average Bonchev–Trinajstić information content (AvgIpc) is 2.50. The average molecular weight is 292 g/mol. The summed E-state index contributed by atoms with van der Waals surface area (Å²) in [6.07, 6.45) is 11.8. The Balaban J connectivity index is 1.65. The monoisotopic (exact) mass is 292 g/mol. The Kier molecular flexibility index (Phi) is 6.53. The van der Waals surface area contributed by atoms with Gasteiger partial charge in [0.1, 0.15) is 0 Å². The van der Waals surface area contributed by atoms with Crippen LogP contribution in [0, 0.1) is 18.3 Å². The van der Waals surface area contributed by atoms with E-state index in [1.807, 2.05) is 6.92 Å². The standard InChI is InChI=1S/C17H28N2O2/c1-3-11-19-12-9-16(10-13-19)18-15-7-5-14(6-8-15)17(20)21-4-2/h1,14-16,18H,4-13H2,2H3. The Morgan fingerprint density at radius 2 is 1.81 bits per heavy atom. The molecule has 0 unspecified atom stereocenters. The Hall–Kier alpha value is -1.05. The summed E-state index contributed by atoms with van der Waals surface area (Å²) in [6.45, 7) is 5.34. The van der Waals surface area contributed by atoms with Crippen molar-refractivity contribution in [1.82, 2.24) is 10.2 Å². The summed E-state index contributed by atoms with van der Waals surface area (Å²) in [5.41, 5.74) is 0. The van der Waals surface area contributed by atoms with Crippen LogP contribution in [0.1, 0.15) is 45.4 Å². The van der Waals surface area contributed by atoms with Gasteiger partial charge in [-0.05, 0) is 45.4 Å². The molecule has 1 saturated carbocycles. The highest BCUT2D eigenvalue weighted by molar-refractivity contribution is 5.72. The van der Waals surface area contributed by atoms with Gasteiger partial charge in [0.2, 0.25) is 0 Å². The molecule has 0 atom stereocenters. The van der Waals surface area contributed by atoms with Crippen LogP contribution in [0.3, 0.4) is 0 Å². The summed E-state index contributed by atoms with van der Waals surface area (Å²) in [6, 6.07) is 1.18. The molecule has 0 aromatic heterocycles. The first-order chi connectivity index (χ1) is 10.2. The predicted octanol–water partition coefficient (Wildman–Crippen LogP) is 1.80. The Morgan fingerprint density at radius 1 is 1.19 bits per heavy atom. The van der Waals surface area contributed by atoms with E-state index in [0.717, 1.165) is 45.3 Å². The molecule has 2 aliphatic rings. The van der Waals surface area contributed by atoms with Crippen molar-refractivity contribution in [2.45, 2.75) is 57.5 Å². The molecule has 1 saturated heterocycles. The van der Waals surface area contributed by atoms with E-state index in [1.165, 1.54) is 12.8 Å². The van der Waals surface area contributed by atoms with Gasteiger partial charge in [0.15, 0.2) is 0 Å². The lowest BCUT2D eigenvalue weighted by Gasteiger charge is -2.35. The number of nitrogens with zero attached hydrogens (tertiary/aromatic N) is 1. The molecule has 0 aromatic carbocycles. The van der Waals surface area contributed by atoms with Gasteiger partial charge in [0.25, 0.3) is 0 Å². The van der Waals surface area contributed by atoms with Crippen LogP contribution in [0.2, 0.25) is 0 Å². The molecule has 0 bridgehead atoms. The highest BCUT2D eigenvalue weighted by Crippen LogP contribution is 2.26. The first-order valence-electron chi connectivity index (χ1n) is 8.31. The molecule has 0 amide bonds. The topological polar surface area (TPSA) is 41.6 Å². The number of hydrogen-bond acceptors (Lipinski definition) is 4. The van der Waals surface area contributed by atoms with Crippen molar-refractivity contribution in [3.05, 3.63) is 0 Å². The molecule has 0 aromatic rings. The summed E-state index contributed by atoms with van der Waals surface area (Å²) < 4.78 is 5.12. The van der Waals surface area contributed by atoms with Crippen molar-refractivity contribution >= 4 is 5.97 Å². The third-order valence-electron chi connectivity index (χ3n) is 4.72. The molecule has 1 aliphatic heterocycles. The second kappa shape index (κ2) is 8.41. The van der Waals surface area contributed by atoms with Crippen LogP contribution >= 0.6 is 0 Å². The Bertz CT molecular complexity index is 361. The van der Waals surface area contributed by atoms with Gasteiger partial charge in [0, 0.05) is 25.2 Å². The number of nitrogens with one attached hydrogen (secondary N) is 1. The van der Waals surface area contributed by atoms with Crippen LogP contribution in [0.5, 0.6) is 0 Å². The lowest BCUT2D eigenvalue weighted by molar-refractivity contribution is -0.149. The maximum Gasteiger partial charge on any atom is 0.308 e. The largest absolute Gasteiger partial charge is 0.466 e. The number of carbonyl (C=O) groups is 1. The van der Waals surface area contributed by atoms with Crippen molar-refractivity contribution < 1.29 is 9.53 Å². The highest BCUT2D eigenvalue weighted by Gasteiger charge is 2.29. The first-order valence-corrected chi connectivity index (χ1v) is 8.31. The number of esters is 1. The number of likely N-dealkylation sites (tertiary alicyclic amines) is 1. The third kappa shape index (κ3) is 5.01.